The summed E-state index contributed by atoms with van der Waals surface area (Å²) in [4.78, 5) is 31.6. The molecule has 230 valence electrons. The Morgan fingerprint density at radius 2 is 1.71 bits per heavy atom. The van der Waals surface area contributed by atoms with E-state index in [9.17, 15) is 40.3 Å². The standard InChI is InChI=1S/C27H29F7N4O4/c1-25(2,42-20-7-4-15(28)9-19(20)26(29,30)31)24(41)37-16-10-17-5-6-18(11-16)38(17)22-8-3-14(12-35-22)23(40)36-13-21(39)27(32,33)34/h3-4,7-9,12,16-18,21,39H,5-6,10-11,13H2,1-2H3,(H,36,40)(H,37,41). The van der Waals surface area contributed by atoms with E-state index in [1.165, 1.54) is 26.1 Å². The largest absolute Gasteiger partial charge is 0.477 e. The predicted molar refractivity (Wildman–Crippen MR) is 135 cm³/mol. The zero-order valence-electron chi connectivity index (χ0n) is 22.5. The second kappa shape index (κ2) is 11.6. The Bertz CT molecular complexity index is 1290. The van der Waals surface area contributed by atoms with E-state index in [-0.39, 0.29) is 23.7 Å². The molecule has 2 aliphatic rings. The molecule has 2 amide bonds. The first-order valence-corrected chi connectivity index (χ1v) is 13.1. The first-order chi connectivity index (χ1) is 19.5. The van der Waals surface area contributed by atoms with Crippen molar-refractivity contribution in [1.82, 2.24) is 15.6 Å². The Hall–Kier alpha value is -3.62. The fourth-order valence-electron chi connectivity index (χ4n) is 5.24. The van der Waals surface area contributed by atoms with Crippen LogP contribution in [-0.2, 0) is 11.0 Å². The average Bonchev–Trinajstić information content (AvgIpc) is 3.16. The van der Waals surface area contributed by atoms with Gasteiger partial charge in [0.25, 0.3) is 11.8 Å². The molecule has 1 aromatic carbocycles. The van der Waals surface area contributed by atoms with Gasteiger partial charge in [0.2, 0.25) is 0 Å². The van der Waals surface area contributed by atoms with Crippen molar-refractivity contribution in [3.63, 3.8) is 0 Å². The second-order valence-corrected chi connectivity index (χ2v) is 10.9. The van der Waals surface area contributed by atoms with E-state index in [2.05, 4.69) is 10.3 Å². The minimum atomic E-state index is -4.89. The first kappa shape index (κ1) is 31.3. The molecule has 8 nitrogen and oxygen atoms in total. The molecule has 0 aliphatic carbocycles. The number of aliphatic hydroxyl groups is 1. The van der Waals surface area contributed by atoms with Crippen LogP contribution in [-0.4, -0.2) is 64.5 Å². The summed E-state index contributed by atoms with van der Waals surface area (Å²) in [5.74, 6) is -2.68. The maximum atomic E-state index is 13.5. The van der Waals surface area contributed by atoms with Crippen molar-refractivity contribution in [2.24, 2.45) is 0 Å². The van der Waals surface area contributed by atoms with E-state index in [0.717, 1.165) is 25.0 Å². The lowest BCUT2D eigenvalue weighted by atomic mass is 9.96. The molecule has 0 saturated carbocycles. The molecule has 2 saturated heterocycles. The number of nitrogens with zero attached hydrogens (tertiary/aromatic N) is 2. The number of ether oxygens (including phenoxy) is 1. The van der Waals surface area contributed by atoms with Crippen molar-refractivity contribution >= 4 is 17.6 Å². The number of fused-ring (bicyclic) bond motifs is 2. The highest BCUT2D eigenvalue weighted by Gasteiger charge is 2.44. The van der Waals surface area contributed by atoms with Crippen LogP contribution in [0.2, 0.25) is 0 Å². The molecule has 3 unspecified atom stereocenters. The van der Waals surface area contributed by atoms with E-state index >= 15 is 0 Å². The normalized spacial score (nSPS) is 21.6. The summed E-state index contributed by atoms with van der Waals surface area (Å²) in [6.07, 6.45) is -8.65. The number of aromatic nitrogens is 1. The lowest BCUT2D eigenvalue weighted by molar-refractivity contribution is -0.201. The summed E-state index contributed by atoms with van der Waals surface area (Å²) in [6.45, 7) is 1.64. The summed E-state index contributed by atoms with van der Waals surface area (Å²) >= 11 is 0. The molecule has 0 spiro atoms. The van der Waals surface area contributed by atoms with E-state index in [0.29, 0.717) is 24.7 Å². The number of piperidine rings is 1. The summed E-state index contributed by atoms with van der Waals surface area (Å²) in [7, 11) is 0. The lowest BCUT2D eigenvalue weighted by Gasteiger charge is -2.41. The quantitative estimate of drug-likeness (QED) is 0.386. The average molecular weight is 607 g/mol. The van der Waals surface area contributed by atoms with Crippen LogP contribution in [0, 0.1) is 5.82 Å². The number of carbonyl (C=O) groups is 2. The van der Waals surface area contributed by atoms with E-state index in [4.69, 9.17) is 9.84 Å². The first-order valence-electron chi connectivity index (χ1n) is 13.1. The minimum Gasteiger partial charge on any atom is -0.477 e. The topological polar surface area (TPSA) is 104 Å². The number of benzene rings is 1. The van der Waals surface area contributed by atoms with Gasteiger partial charge in [0.15, 0.2) is 11.7 Å². The third-order valence-corrected chi connectivity index (χ3v) is 7.34. The van der Waals surface area contributed by atoms with Gasteiger partial charge in [0.05, 0.1) is 12.1 Å². The fourth-order valence-corrected chi connectivity index (χ4v) is 5.24. The Labute approximate surface area is 236 Å². The third-order valence-electron chi connectivity index (χ3n) is 7.34. The van der Waals surface area contributed by atoms with Crippen LogP contribution < -0.4 is 20.3 Å². The number of halogens is 7. The van der Waals surface area contributed by atoms with Crippen molar-refractivity contribution in [2.75, 3.05) is 11.4 Å². The Morgan fingerprint density at radius 1 is 1.07 bits per heavy atom. The van der Waals surface area contributed by atoms with Crippen molar-refractivity contribution in [2.45, 2.75) is 81.7 Å². The van der Waals surface area contributed by atoms with Gasteiger partial charge in [-0.25, -0.2) is 9.37 Å². The van der Waals surface area contributed by atoms with Crippen LogP contribution in [0.1, 0.15) is 55.5 Å². The molecule has 3 N–H and O–H groups in total. The van der Waals surface area contributed by atoms with Crippen molar-refractivity contribution in [3.8, 4) is 5.75 Å². The molecule has 4 rings (SSSR count). The second-order valence-electron chi connectivity index (χ2n) is 10.9. The number of amides is 2. The third kappa shape index (κ3) is 7.05. The van der Waals surface area contributed by atoms with Gasteiger partial charge >= 0.3 is 12.4 Å². The minimum absolute atomic E-state index is 0.0136. The number of carbonyl (C=O) groups excluding carboxylic acids is 2. The molecule has 15 heteroatoms. The molecule has 2 aliphatic heterocycles. The number of rotatable bonds is 8. The summed E-state index contributed by atoms with van der Waals surface area (Å²) in [5.41, 5.74) is -3.02. The van der Waals surface area contributed by atoms with E-state index < -0.39 is 59.5 Å². The molecule has 3 atom stereocenters. The fraction of sp³-hybridized carbons (Fsp3) is 0.519. The van der Waals surface area contributed by atoms with Gasteiger partial charge < -0.3 is 25.4 Å². The SMILES string of the molecule is CC(C)(Oc1ccc(F)cc1C(F)(F)F)C(=O)NC1CC2CCC(C1)N2c1ccc(C(=O)NCC(O)C(F)(F)F)cn1. The zero-order valence-corrected chi connectivity index (χ0v) is 22.5. The highest BCUT2D eigenvalue weighted by atomic mass is 19.4. The van der Waals surface area contributed by atoms with Crippen molar-refractivity contribution < 1.29 is 50.2 Å². The molecule has 3 heterocycles. The molecule has 2 bridgehead atoms. The van der Waals surface area contributed by atoms with Gasteiger partial charge in [0, 0.05) is 24.3 Å². The number of pyridine rings is 1. The highest BCUT2D eigenvalue weighted by molar-refractivity contribution is 5.94. The molecule has 1 aromatic heterocycles. The van der Waals surface area contributed by atoms with Crippen LogP contribution in [0.5, 0.6) is 5.75 Å². The van der Waals surface area contributed by atoms with E-state index in [1.807, 2.05) is 10.2 Å². The van der Waals surface area contributed by atoms with Crippen LogP contribution in [0.25, 0.3) is 0 Å². The van der Waals surface area contributed by atoms with Gasteiger partial charge in [-0.1, -0.05) is 0 Å². The van der Waals surface area contributed by atoms with Crippen LogP contribution in [0.3, 0.4) is 0 Å². The smallest absolute Gasteiger partial charge is 0.420 e. The molecule has 2 fully saturated rings. The number of anilines is 1. The Morgan fingerprint density at radius 3 is 2.26 bits per heavy atom. The van der Waals surface area contributed by atoms with E-state index in [1.54, 1.807) is 6.07 Å². The molecular weight excluding hydrogens is 577 g/mol. The Balaban J connectivity index is 1.36. The van der Waals surface area contributed by atoms with Gasteiger partial charge in [0.1, 0.15) is 22.9 Å². The zero-order chi connectivity index (χ0) is 31.0. The molecule has 2 aromatic rings. The summed E-state index contributed by atoms with van der Waals surface area (Å²) in [6, 6.07) is 4.54. The van der Waals surface area contributed by atoms with Crippen LogP contribution in [0.4, 0.5) is 36.6 Å². The number of alkyl halides is 6. The van der Waals surface area contributed by atoms with Gasteiger partial charge in [-0.05, 0) is 69.9 Å². The number of hydrogen-bond acceptors (Lipinski definition) is 6. The maximum absolute atomic E-state index is 13.5. The summed E-state index contributed by atoms with van der Waals surface area (Å²) in [5, 5.41) is 13.9. The summed E-state index contributed by atoms with van der Waals surface area (Å²) < 4.78 is 96.4. The van der Waals surface area contributed by atoms with Crippen molar-refractivity contribution in [3.05, 3.63) is 53.5 Å². The maximum Gasteiger partial charge on any atom is 0.420 e. The van der Waals surface area contributed by atoms with Gasteiger partial charge in [-0.3, -0.25) is 9.59 Å². The van der Waals surface area contributed by atoms with Crippen LogP contribution >= 0.6 is 0 Å². The molecular formula is C27H29F7N4O4. The predicted octanol–water partition coefficient (Wildman–Crippen LogP) is 4.37. The van der Waals surface area contributed by atoms with Gasteiger partial charge in [-0.15, -0.1) is 0 Å². The number of hydrogen-bond donors (Lipinski definition) is 3. The molecule has 42 heavy (non-hydrogen) atoms. The monoisotopic (exact) mass is 606 g/mol. The lowest BCUT2D eigenvalue weighted by Crippen LogP contribution is -2.55. The van der Waals surface area contributed by atoms with Crippen molar-refractivity contribution in [1.29, 1.82) is 0 Å². The number of nitrogens with one attached hydrogen (secondary N) is 2. The van der Waals surface area contributed by atoms with Gasteiger partial charge in [-0.2, -0.15) is 26.3 Å². The van der Waals surface area contributed by atoms with Crippen LogP contribution in [0.15, 0.2) is 36.5 Å². The number of aliphatic hydroxyl groups excluding tert-OH is 1. The molecule has 0 radical (unpaired) electrons. The Kier molecular flexibility index (Phi) is 8.63. The highest BCUT2D eigenvalue weighted by Crippen LogP contribution is 2.40.